The molecule has 124 valence electrons. The van der Waals surface area contributed by atoms with Gasteiger partial charge in [-0.25, -0.2) is 4.39 Å². The minimum Gasteiger partial charge on any atom is -0.347 e. The lowest BCUT2D eigenvalue weighted by Crippen LogP contribution is -2.37. The van der Waals surface area contributed by atoms with Crippen molar-refractivity contribution in [1.82, 2.24) is 15.2 Å². The average molecular weight is 327 g/mol. The van der Waals surface area contributed by atoms with E-state index in [1.807, 2.05) is 6.92 Å². The van der Waals surface area contributed by atoms with Crippen LogP contribution in [0, 0.1) is 12.7 Å². The lowest BCUT2D eigenvalue weighted by atomic mass is 10.2. The molecule has 3 rings (SSSR count). The maximum atomic E-state index is 12.9. The maximum Gasteiger partial charge on any atom is 0.253 e. The van der Waals surface area contributed by atoms with Gasteiger partial charge in [-0.1, -0.05) is 12.1 Å². The standard InChI is InChI=1S/C18H18FN3O2/c1-12-2-5-14(9-20-12)18(24)21-16-8-17(23)22(11-16)10-13-3-6-15(19)7-4-13/h2-7,9,16H,8,10-11H2,1H3,(H,21,24). The van der Waals surface area contributed by atoms with E-state index in [4.69, 9.17) is 0 Å². The lowest BCUT2D eigenvalue weighted by molar-refractivity contribution is -0.128. The number of amides is 2. The van der Waals surface area contributed by atoms with Crippen molar-refractivity contribution in [2.24, 2.45) is 0 Å². The van der Waals surface area contributed by atoms with Gasteiger partial charge in [0.2, 0.25) is 5.91 Å². The molecule has 0 radical (unpaired) electrons. The predicted octanol–water partition coefficient (Wildman–Crippen LogP) is 2.06. The molecule has 0 aliphatic carbocycles. The average Bonchev–Trinajstić information content (AvgIpc) is 2.89. The summed E-state index contributed by atoms with van der Waals surface area (Å²) in [6.45, 7) is 2.71. The van der Waals surface area contributed by atoms with Gasteiger partial charge in [0, 0.05) is 31.4 Å². The number of hydrogen-bond donors (Lipinski definition) is 1. The van der Waals surface area contributed by atoms with E-state index in [1.165, 1.54) is 18.3 Å². The van der Waals surface area contributed by atoms with Crippen LogP contribution < -0.4 is 5.32 Å². The Morgan fingerprint density at radius 1 is 1.29 bits per heavy atom. The summed E-state index contributed by atoms with van der Waals surface area (Å²) in [5.74, 6) is -0.557. The zero-order valence-electron chi connectivity index (χ0n) is 13.3. The van der Waals surface area contributed by atoms with E-state index in [0.717, 1.165) is 11.3 Å². The molecule has 1 aromatic carbocycles. The van der Waals surface area contributed by atoms with Crippen molar-refractivity contribution in [2.75, 3.05) is 6.54 Å². The van der Waals surface area contributed by atoms with Crippen LogP contribution in [0.1, 0.15) is 28.0 Å². The summed E-state index contributed by atoms with van der Waals surface area (Å²) in [4.78, 5) is 30.1. The molecular formula is C18H18FN3O2. The molecule has 2 amide bonds. The summed E-state index contributed by atoms with van der Waals surface area (Å²) in [6, 6.07) is 9.32. The van der Waals surface area contributed by atoms with E-state index in [0.29, 0.717) is 18.7 Å². The van der Waals surface area contributed by atoms with Crippen LogP contribution in [-0.4, -0.2) is 34.3 Å². The first kappa shape index (κ1) is 16.1. The first-order chi connectivity index (χ1) is 11.5. The first-order valence-electron chi connectivity index (χ1n) is 7.77. The van der Waals surface area contributed by atoms with E-state index in [-0.39, 0.29) is 30.1 Å². The van der Waals surface area contributed by atoms with Crippen LogP contribution in [-0.2, 0) is 11.3 Å². The number of hydrogen-bond acceptors (Lipinski definition) is 3. The second-order valence-corrected chi connectivity index (χ2v) is 5.96. The van der Waals surface area contributed by atoms with E-state index >= 15 is 0 Å². The molecule has 1 atom stereocenters. The van der Waals surface area contributed by atoms with Gasteiger partial charge in [0.05, 0.1) is 11.6 Å². The Bertz CT molecular complexity index is 744. The number of carbonyl (C=O) groups is 2. The van der Waals surface area contributed by atoms with Gasteiger partial charge in [-0.15, -0.1) is 0 Å². The molecule has 6 heteroatoms. The van der Waals surface area contributed by atoms with Crippen LogP contribution in [0.4, 0.5) is 4.39 Å². The van der Waals surface area contributed by atoms with E-state index in [9.17, 15) is 14.0 Å². The van der Waals surface area contributed by atoms with Gasteiger partial charge in [-0.3, -0.25) is 14.6 Å². The van der Waals surface area contributed by atoms with Crippen molar-refractivity contribution < 1.29 is 14.0 Å². The highest BCUT2D eigenvalue weighted by molar-refractivity contribution is 5.94. The molecule has 1 aliphatic heterocycles. The smallest absolute Gasteiger partial charge is 0.253 e. The number of pyridine rings is 1. The van der Waals surface area contributed by atoms with Gasteiger partial charge in [0.25, 0.3) is 5.91 Å². The molecule has 1 N–H and O–H groups in total. The Hall–Kier alpha value is -2.76. The molecule has 1 fully saturated rings. The predicted molar refractivity (Wildman–Crippen MR) is 86.7 cm³/mol. The molecule has 2 heterocycles. The first-order valence-corrected chi connectivity index (χ1v) is 7.77. The fraction of sp³-hybridized carbons (Fsp3) is 0.278. The van der Waals surface area contributed by atoms with Crippen LogP contribution in [0.15, 0.2) is 42.6 Å². The van der Waals surface area contributed by atoms with Gasteiger partial charge >= 0.3 is 0 Å². The quantitative estimate of drug-likeness (QED) is 0.935. The number of carbonyl (C=O) groups excluding carboxylic acids is 2. The molecular weight excluding hydrogens is 309 g/mol. The molecule has 1 saturated heterocycles. The highest BCUT2D eigenvalue weighted by Crippen LogP contribution is 2.16. The number of nitrogens with one attached hydrogen (secondary N) is 1. The molecule has 0 saturated carbocycles. The van der Waals surface area contributed by atoms with Gasteiger partial charge in [0.1, 0.15) is 5.82 Å². The lowest BCUT2D eigenvalue weighted by Gasteiger charge is -2.17. The third-order valence-electron chi connectivity index (χ3n) is 4.01. The van der Waals surface area contributed by atoms with Crippen molar-refractivity contribution >= 4 is 11.8 Å². The SMILES string of the molecule is Cc1ccc(C(=O)NC2CC(=O)N(Cc3ccc(F)cc3)C2)cn1. The van der Waals surface area contributed by atoms with Crippen molar-refractivity contribution in [1.29, 1.82) is 0 Å². The second kappa shape index (κ2) is 6.78. The van der Waals surface area contributed by atoms with E-state index < -0.39 is 0 Å². The van der Waals surface area contributed by atoms with Crippen molar-refractivity contribution in [3.8, 4) is 0 Å². The minimum atomic E-state index is -0.302. The highest BCUT2D eigenvalue weighted by Gasteiger charge is 2.30. The van der Waals surface area contributed by atoms with Gasteiger partial charge in [0.15, 0.2) is 0 Å². The maximum absolute atomic E-state index is 12.9. The summed E-state index contributed by atoms with van der Waals surface area (Å²) in [6.07, 6.45) is 1.80. The molecule has 2 aromatic rings. The van der Waals surface area contributed by atoms with Crippen molar-refractivity contribution in [3.63, 3.8) is 0 Å². The van der Waals surface area contributed by atoms with Crippen LogP contribution >= 0.6 is 0 Å². The van der Waals surface area contributed by atoms with Gasteiger partial charge < -0.3 is 10.2 Å². The summed E-state index contributed by atoms with van der Waals surface area (Å²) in [5, 5.41) is 2.87. The number of rotatable bonds is 4. The van der Waals surface area contributed by atoms with E-state index in [2.05, 4.69) is 10.3 Å². The number of nitrogens with zero attached hydrogens (tertiary/aromatic N) is 2. The molecule has 1 aliphatic rings. The summed E-state index contributed by atoms with van der Waals surface area (Å²) in [7, 11) is 0. The fourth-order valence-electron chi connectivity index (χ4n) is 2.70. The van der Waals surface area contributed by atoms with Crippen molar-refractivity contribution in [2.45, 2.75) is 25.9 Å². The second-order valence-electron chi connectivity index (χ2n) is 5.96. The number of benzene rings is 1. The molecule has 0 spiro atoms. The molecule has 0 bridgehead atoms. The molecule has 1 unspecified atom stereocenters. The number of likely N-dealkylation sites (tertiary alicyclic amines) is 1. The van der Waals surface area contributed by atoms with Gasteiger partial charge in [-0.2, -0.15) is 0 Å². The zero-order chi connectivity index (χ0) is 17.1. The van der Waals surface area contributed by atoms with E-state index in [1.54, 1.807) is 29.2 Å². The normalized spacial score (nSPS) is 17.2. The Balaban J connectivity index is 1.59. The van der Waals surface area contributed by atoms with Crippen LogP contribution in [0.3, 0.4) is 0 Å². The molecule has 1 aromatic heterocycles. The number of aryl methyl sites for hydroxylation is 1. The summed E-state index contributed by atoms with van der Waals surface area (Å²) < 4.78 is 12.9. The van der Waals surface area contributed by atoms with Crippen LogP contribution in [0.25, 0.3) is 0 Å². The zero-order valence-corrected chi connectivity index (χ0v) is 13.3. The number of halogens is 1. The summed E-state index contributed by atoms with van der Waals surface area (Å²) >= 11 is 0. The monoisotopic (exact) mass is 327 g/mol. The summed E-state index contributed by atoms with van der Waals surface area (Å²) in [5.41, 5.74) is 2.18. The largest absolute Gasteiger partial charge is 0.347 e. The minimum absolute atomic E-state index is 0.0216. The van der Waals surface area contributed by atoms with Crippen LogP contribution in [0.5, 0.6) is 0 Å². The highest BCUT2D eigenvalue weighted by atomic mass is 19.1. The Kier molecular flexibility index (Phi) is 4.55. The fourth-order valence-corrected chi connectivity index (χ4v) is 2.70. The molecule has 24 heavy (non-hydrogen) atoms. The third kappa shape index (κ3) is 3.76. The molecule has 5 nitrogen and oxygen atoms in total. The Morgan fingerprint density at radius 3 is 2.71 bits per heavy atom. The Morgan fingerprint density at radius 2 is 2.04 bits per heavy atom. The third-order valence-corrected chi connectivity index (χ3v) is 4.01. The van der Waals surface area contributed by atoms with Crippen LogP contribution in [0.2, 0.25) is 0 Å². The Labute approximate surface area is 139 Å². The van der Waals surface area contributed by atoms with Crippen molar-refractivity contribution in [3.05, 3.63) is 65.2 Å². The van der Waals surface area contributed by atoms with Gasteiger partial charge in [-0.05, 0) is 36.8 Å². The number of aromatic nitrogens is 1. The topological polar surface area (TPSA) is 62.3 Å².